The number of aliphatic carboxylic acids is 1. The van der Waals surface area contributed by atoms with Crippen LogP contribution < -0.4 is 4.74 Å². The third kappa shape index (κ3) is 4.97. The second-order valence-electron chi connectivity index (χ2n) is 7.63. The molecule has 1 fully saturated rings. The molecule has 5 heteroatoms. The first-order valence-electron chi connectivity index (χ1n) is 10.3. The van der Waals surface area contributed by atoms with E-state index in [1.807, 2.05) is 59.5 Å². The van der Waals surface area contributed by atoms with Crippen molar-refractivity contribution in [3.05, 3.63) is 65.7 Å². The summed E-state index contributed by atoms with van der Waals surface area (Å²) in [7, 11) is 0. The quantitative estimate of drug-likeness (QED) is 0.732. The number of likely N-dealkylation sites (tertiary alicyclic amines) is 1. The van der Waals surface area contributed by atoms with Crippen LogP contribution >= 0.6 is 0 Å². The highest BCUT2D eigenvalue weighted by molar-refractivity contribution is 5.82. The van der Waals surface area contributed by atoms with Crippen LogP contribution in [-0.4, -0.2) is 41.6 Å². The maximum absolute atomic E-state index is 12.7. The molecule has 0 radical (unpaired) electrons. The topological polar surface area (TPSA) is 66.8 Å². The average molecular weight is 395 g/mol. The maximum Gasteiger partial charge on any atom is 0.314 e. The van der Waals surface area contributed by atoms with Crippen molar-refractivity contribution >= 4 is 11.9 Å². The van der Waals surface area contributed by atoms with Gasteiger partial charge in [0.25, 0.3) is 0 Å². The second kappa shape index (κ2) is 9.59. The molecule has 0 bridgehead atoms. The van der Waals surface area contributed by atoms with Crippen molar-refractivity contribution in [1.29, 1.82) is 0 Å². The van der Waals surface area contributed by atoms with Crippen LogP contribution in [0.15, 0.2) is 54.6 Å². The molecule has 1 amide bonds. The van der Waals surface area contributed by atoms with E-state index in [1.165, 1.54) is 0 Å². The van der Waals surface area contributed by atoms with Crippen LogP contribution in [-0.2, 0) is 21.4 Å². The first kappa shape index (κ1) is 20.9. The fourth-order valence-electron chi connectivity index (χ4n) is 3.90. The van der Waals surface area contributed by atoms with E-state index in [-0.39, 0.29) is 5.91 Å². The first-order chi connectivity index (χ1) is 14.0. The fourth-order valence-corrected chi connectivity index (χ4v) is 3.90. The normalized spacial score (nSPS) is 15.7. The van der Waals surface area contributed by atoms with E-state index >= 15 is 0 Å². The van der Waals surface area contributed by atoms with Crippen LogP contribution in [0.25, 0.3) is 0 Å². The van der Waals surface area contributed by atoms with Crippen molar-refractivity contribution in [2.75, 3.05) is 19.7 Å². The lowest BCUT2D eigenvalue weighted by atomic mass is 9.73. The number of nitrogens with zero attached hydrogens (tertiary/aromatic N) is 1. The number of carbonyl (C=O) groups is 2. The van der Waals surface area contributed by atoms with E-state index in [4.69, 9.17) is 4.74 Å². The first-order valence-corrected chi connectivity index (χ1v) is 10.3. The molecular weight excluding hydrogens is 366 g/mol. The Bertz CT molecular complexity index is 809. The predicted octanol–water partition coefficient (Wildman–Crippen LogP) is 4.05. The Morgan fingerprint density at radius 3 is 2.28 bits per heavy atom. The minimum atomic E-state index is -0.896. The summed E-state index contributed by atoms with van der Waals surface area (Å²) in [5, 5.41) is 9.88. The molecule has 1 aliphatic rings. The van der Waals surface area contributed by atoms with Gasteiger partial charge in [-0.3, -0.25) is 9.59 Å². The van der Waals surface area contributed by atoms with E-state index in [1.54, 1.807) is 0 Å². The number of ether oxygens (including phenoxy) is 1. The zero-order valence-corrected chi connectivity index (χ0v) is 17.0. The smallest absolute Gasteiger partial charge is 0.314 e. The molecule has 154 valence electrons. The molecule has 0 unspecified atom stereocenters. The summed E-state index contributed by atoms with van der Waals surface area (Å²) in [5.74, 6) is 0.133. The lowest BCUT2D eigenvalue weighted by Gasteiger charge is -2.39. The van der Waals surface area contributed by atoms with Gasteiger partial charge in [0.15, 0.2) is 0 Å². The van der Waals surface area contributed by atoms with Crippen molar-refractivity contribution in [2.45, 2.75) is 44.4 Å². The molecule has 1 saturated heterocycles. The van der Waals surface area contributed by atoms with E-state index in [9.17, 15) is 14.7 Å². The number of benzene rings is 2. The Morgan fingerprint density at radius 1 is 1.03 bits per heavy atom. The zero-order chi connectivity index (χ0) is 20.7. The number of piperidine rings is 1. The highest BCUT2D eigenvalue weighted by Crippen LogP contribution is 2.36. The molecule has 5 nitrogen and oxygen atoms in total. The lowest BCUT2D eigenvalue weighted by Crippen LogP contribution is -2.49. The van der Waals surface area contributed by atoms with Gasteiger partial charge in [-0.1, -0.05) is 49.4 Å². The summed E-state index contributed by atoms with van der Waals surface area (Å²) in [6.07, 6.45) is 2.97. The van der Waals surface area contributed by atoms with Gasteiger partial charge < -0.3 is 14.7 Å². The summed E-state index contributed by atoms with van der Waals surface area (Å²) in [6.45, 7) is 3.72. The highest BCUT2D eigenvalue weighted by Gasteiger charge is 2.43. The van der Waals surface area contributed by atoms with Crippen LogP contribution in [0.4, 0.5) is 0 Å². The Balaban J connectivity index is 1.54. The summed E-state index contributed by atoms with van der Waals surface area (Å²) in [5.41, 5.74) is 1.03. The van der Waals surface area contributed by atoms with Gasteiger partial charge in [0.2, 0.25) is 5.91 Å². The number of rotatable bonds is 8. The van der Waals surface area contributed by atoms with Crippen LogP contribution in [0, 0.1) is 0 Å². The molecule has 2 aromatic carbocycles. The van der Waals surface area contributed by atoms with Gasteiger partial charge in [-0.2, -0.15) is 0 Å². The zero-order valence-electron chi connectivity index (χ0n) is 17.0. The Morgan fingerprint density at radius 2 is 1.69 bits per heavy atom. The molecule has 0 spiro atoms. The summed E-state index contributed by atoms with van der Waals surface area (Å²) in [6, 6.07) is 17.3. The second-order valence-corrected chi connectivity index (χ2v) is 7.63. The number of hydrogen-bond donors (Lipinski definition) is 1. The summed E-state index contributed by atoms with van der Waals surface area (Å²) >= 11 is 0. The van der Waals surface area contributed by atoms with Crippen molar-refractivity contribution < 1.29 is 19.4 Å². The number of carboxylic acid groups (broad SMARTS) is 1. The summed E-state index contributed by atoms with van der Waals surface area (Å²) < 4.78 is 5.58. The molecule has 3 rings (SSSR count). The lowest BCUT2D eigenvalue weighted by molar-refractivity contribution is -0.148. The van der Waals surface area contributed by atoms with Gasteiger partial charge >= 0.3 is 5.97 Å². The Labute approximate surface area is 172 Å². The van der Waals surface area contributed by atoms with Gasteiger partial charge in [0.1, 0.15) is 5.75 Å². The van der Waals surface area contributed by atoms with Crippen LogP contribution in [0.3, 0.4) is 0 Å². The third-order valence-electron chi connectivity index (χ3n) is 5.73. The number of carboxylic acids is 1. The molecule has 29 heavy (non-hydrogen) atoms. The van der Waals surface area contributed by atoms with E-state index < -0.39 is 11.4 Å². The van der Waals surface area contributed by atoms with E-state index in [0.29, 0.717) is 45.4 Å². The van der Waals surface area contributed by atoms with E-state index in [0.717, 1.165) is 23.3 Å². The molecule has 0 saturated carbocycles. The molecule has 1 aliphatic heterocycles. The van der Waals surface area contributed by atoms with E-state index in [2.05, 4.69) is 6.92 Å². The minimum absolute atomic E-state index is 0.0864. The Hall–Kier alpha value is -2.82. The standard InChI is InChI=1S/C24H29NO4/c1-2-18-29-21-11-8-19(9-12-21)10-13-22(26)25-16-14-24(15-17-25,23(27)28)20-6-4-3-5-7-20/h3-9,11-12H,2,10,13-18H2,1H3,(H,27,28). The maximum atomic E-state index is 12.7. The van der Waals surface area contributed by atoms with Crippen molar-refractivity contribution in [3.63, 3.8) is 0 Å². The molecular formula is C24H29NO4. The van der Waals surface area contributed by atoms with Crippen LogP contribution in [0.5, 0.6) is 5.75 Å². The van der Waals surface area contributed by atoms with Gasteiger partial charge in [-0.05, 0) is 48.9 Å². The average Bonchev–Trinajstić information content (AvgIpc) is 2.77. The SMILES string of the molecule is CCCOc1ccc(CCC(=O)N2CCC(C(=O)O)(c3ccccc3)CC2)cc1. The molecule has 1 heterocycles. The molecule has 0 atom stereocenters. The summed E-state index contributed by atoms with van der Waals surface area (Å²) in [4.78, 5) is 26.5. The van der Waals surface area contributed by atoms with Gasteiger partial charge in [0, 0.05) is 19.5 Å². The molecule has 0 aromatic heterocycles. The number of amides is 1. The fraction of sp³-hybridized carbons (Fsp3) is 0.417. The van der Waals surface area contributed by atoms with Crippen molar-refractivity contribution in [1.82, 2.24) is 4.90 Å². The number of hydrogen-bond acceptors (Lipinski definition) is 3. The largest absolute Gasteiger partial charge is 0.494 e. The number of carbonyl (C=O) groups excluding carboxylic acids is 1. The van der Waals surface area contributed by atoms with Gasteiger partial charge in [0.05, 0.1) is 12.0 Å². The van der Waals surface area contributed by atoms with Crippen molar-refractivity contribution in [3.8, 4) is 5.75 Å². The number of aryl methyl sites for hydroxylation is 1. The van der Waals surface area contributed by atoms with Crippen molar-refractivity contribution in [2.24, 2.45) is 0 Å². The molecule has 0 aliphatic carbocycles. The monoisotopic (exact) mass is 395 g/mol. The molecule has 1 N–H and O–H groups in total. The van der Waals surface area contributed by atoms with Gasteiger partial charge in [-0.15, -0.1) is 0 Å². The highest BCUT2D eigenvalue weighted by atomic mass is 16.5. The third-order valence-corrected chi connectivity index (χ3v) is 5.73. The minimum Gasteiger partial charge on any atom is -0.494 e. The molecule has 2 aromatic rings. The van der Waals surface area contributed by atoms with Crippen LogP contribution in [0.1, 0.15) is 43.7 Å². The predicted molar refractivity (Wildman–Crippen MR) is 112 cm³/mol. The van der Waals surface area contributed by atoms with Gasteiger partial charge in [-0.25, -0.2) is 0 Å². The Kier molecular flexibility index (Phi) is 6.91. The van der Waals surface area contributed by atoms with Crippen LogP contribution in [0.2, 0.25) is 0 Å².